The molecule has 1 amide bonds. The van der Waals surface area contributed by atoms with Gasteiger partial charge in [-0.25, -0.2) is 17.8 Å². The molecule has 8 nitrogen and oxygen atoms in total. The summed E-state index contributed by atoms with van der Waals surface area (Å²) >= 11 is 3.09. The van der Waals surface area contributed by atoms with Crippen LogP contribution in [0.15, 0.2) is 34.0 Å². The number of sulfonamides is 1. The normalized spacial score (nSPS) is 16.3. The van der Waals surface area contributed by atoms with Gasteiger partial charge in [-0.2, -0.15) is 17.9 Å². The molecule has 3 rings (SSSR count). The van der Waals surface area contributed by atoms with Crippen LogP contribution in [-0.2, 0) is 21.8 Å². The van der Waals surface area contributed by atoms with Crippen molar-refractivity contribution in [3.05, 3.63) is 40.6 Å². The first-order valence-electron chi connectivity index (χ1n) is 7.82. The molecule has 2 aromatic heterocycles. The number of anilines is 1. The molecule has 158 valence electrons. The number of carbonyl (C=O) groups excluding carboxylic acids is 1. The number of nitrogens with zero attached hydrogens (tertiary/aromatic N) is 2. The van der Waals surface area contributed by atoms with Crippen molar-refractivity contribution in [2.75, 3.05) is 18.5 Å². The van der Waals surface area contributed by atoms with E-state index >= 15 is 0 Å². The molecule has 0 bridgehead atoms. The molecule has 0 saturated carbocycles. The molecule has 2 N–H and O–H groups in total. The second-order valence-electron chi connectivity index (χ2n) is 6.27. The number of aromatic nitrogens is 2. The molecule has 0 radical (unpaired) electrons. The largest absolute Gasteiger partial charge is 0.412 e. The van der Waals surface area contributed by atoms with Crippen LogP contribution in [0.1, 0.15) is 10.5 Å². The summed E-state index contributed by atoms with van der Waals surface area (Å²) < 4.78 is 86.5. The summed E-state index contributed by atoms with van der Waals surface area (Å²) in [6.45, 7) is -1.87. The number of rotatable bonds is 5. The Hall–Kier alpha value is -2.03. The number of halogens is 5. The fraction of sp³-hybridized carbons (Fsp3) is 0.333. The zero-order valence-corrected chi connectivity index (χ0v) is 17.0. The van der Waals surface area contributed by atoms with E-state index in [2.05, 4.69) is 31.0 Å². The Morgan fingerprint density at radius 3 is 2.55 bits per heavy atom. The van der Waals surface area contributed by atoms with Crippen molar-refractivity contribution in [2.45, 2.75) is 16.6 Å². The van der Waals surface area contributed by atoms with Gasteiger partial charge < -0.3 is 14.6 Å². The summed E-state index contributed by atoms with van der Waals surface area (Å²) in [5.74, 6) is -2.48. The molecular weight excluding hydrogens is 488 g/mol. The average Bonchev–Trinajstić information content (AvgIpc) is 2.85. The topological polar surface area (TPSA) is 102 Å². The number of aryl methyl sites for hydroxylation is 1. The van der Waals surface area contributed by atoms with Gasteiger partial charge in [-0.1, -0.05) is 0 Å². The number of pyridine rings is 1. The lowest BCUT2D eigenvalue weighted by Gasteiger charge is -2.42. The second kappa shape index (κ2) is 7.34. The lowest BCUT2D eigenvalue weighted by Crippen LogP contribution is -2.70. The summed E-state index contributed by atoms with van der Waals surface area (Å²) in [6, 6.07) is 2.83. The summed E-state index contributed by atoms with van der Waals surface area (Å²) in [6.07, 6.45) is -2.87. The maximum atomic E-state index is 14.8. The van der Waals surface area contributed by atoms with Gasteiger partial charge in [-0.15, -0.1) is 0 Å². The van der Waals surface area contributed by atoms with Gasteiger partial charge in [0.25, 0.3) is 5.91 Å². The van der Waals surface area contributed by atoms with E-state index < -0.39 is 57.3 Å². The monoisotopic (exact) mass is 500 g/mol. The lowest BCUT2D eigenvalue weighted by atomic mass is 9.99. The fourth-order valence-corrected chi connectivity index (χ4v) is 4.44. The number of hydrogen-bond acceptors (Lipinski definition) is 5. The molecule has 3 heterocycles. The number of carbonyl (C=O) groups is 1. The van der Waals surface area contributed by atoms with Gasteiger partial charge in [0.2, 0.25) is 10.0 Å². The molecule has 0 unspecified atom stereocenters. The van der Waals surface area contributed by atoms with Crippen molar-refractivity contribution >= 4 is 37.5 Å². The summed E-state index contributed by atoms with van der Waals surface area (Å²) in [4.78, 5) is 15.2. The van der Waals surface area contributed by atoms with Crippen LogP contribution in [-0.4, -0.2) is 48.8 Å². The zero-order valence-electron chi connectivity index (χ0n) is 14.5. The van der Waals surface area contributed by atoms with Crippen LogP contribution in [0.3, 0.4) is 0 Å². The van der Waals surface area contributed by atoms with Gasteiger partial charge >= 0.3 is 6.18 Å². The number of nitrogens with one attached hydrogen (secondary N) is 2. The van der Waals surface area contributed by atoms with Crippen molar-refractivity contribution in [2.24, 2.45) is 7.05 Å². The summed E-state index contributed by atoms with van der Waals surface area (Å²) in [5, 5.41) is 2.36. The van der Waals surface area contributed by atoms with Crippen LogP contribution in [0.4, 0.5) is 23.2 Å². The van der Waals surface area contributed by atoms with Crippen molar-refractivity contribution in [3.63, 3.8) is 0 Å². The van der Waals surface area contributed by atoms with Gasteiger partial charge in [-0.3, -0.25) is 4.79 Å². The van der Waals surface area contributed by atoms with E-state index in [-0.39, 0.29) is 5.69 Å². The Balaban J connectivity index is 1.91. The van der Waals surface area contributed by atoms with Crippen LogP contribution >= 0.6 is 15.9 Å². The highest BCUT2D eigenvalue weighted by molar-refractivity contribution is 9.10. The van der Waals surface area contributed by atoms with Gasteiger partial charge in [0.1, 0.15) is 15.2 Å². The Kier molecular flexibility index (Phi) is 5.49. The molecular formula is C15H13BrF4N4O4S. The minimum Gasteiger partial charge on any atom is -0.377 e. The van der Waals surface area contributed by atoms with E-state index in [9.17, 15) is 30.8 Å². The van der Waals surface area contributed by atoms with E-state index in [0.29, 0.717) is 4.60 Å². The highest BCUT2D eigenvalue weighted by atomic mass is 79.9. The summed E-state index contributed by atoms with van der Waals surface area (Å²) in [7, 11) is -3.76. The van der Waals surface area contributed by atoms with Crippen LogP contribution in [0, 0.1) is 5.82 Å². The minimum atomic E-state index is -4.95. The van der Waals surface area contributed by atoms with Crippen LogP contribution < -0.4 is 10.0 Å². The third kappa shape index (κ3) is 4.01. The van der Waals surface area contributed by atoms with Gasteiger partial charge in [0, 0.05) is 25.1 Å². The predicted octanol–water partition coefficient (Wildman–Crippen LogP) is 2.18. The second-order valence-corrected chi connectivity index (χ2v) is 8.73. The first-order valence-corrected chi connectivity index (χ1v) is 10.1. The molecule has 29 heavy (non-hydrogen) atoms. The Morgan fingerprint density at radius 2 is 2.03 bits per heavy atom. The van der Waals surface area contributed by atoms with Gasteiger partial charge in [0.05, 0.1) is 13.2 Å². The standard InChI is InChI=1S/C15H13BrF4N4O4S/c1-24-5-9(29(26,27)23-14(6-28-7-14)15(18,19)20)11(17)12(24)13(25)22-8-2-3-21-10(16)4-8/h2-5,23H,6-7H2,1H3,(H,21,22,25). The van der Waals surface area contributed by atoms with E-state index in [1.54, 1.807) is 0 Å². The average molecular weight is 501 g/mol. The molecule has 2 aromatic rings. The van der Waals surface area contributed by atoms with Crippen LogP contribution in [0.2, 0.25) is 0 Å². The molecule has 0 spiro atoms. The van der Waals surface area contributed by atoms with Crippen molar-refractivity contribution in [1.82, 2.24) is 14.3 Å². The van der Waals surface area contributed by atoms with E-state index in [1.807, 2.05) is 0 Å². The smallest absolute Gasteiger partial charge is 0.377 e. The van der Waals surface area contributed by atoms with E-state index in [0.717, 1.165) is 10.8 Å². The Bertz CT molecular complexity index is 1070. The van der Waals surface area contributed by atoms with Crippen molar-refractivity contribution in [1.29, 1.82) is 0 Å². The van der Waals surface area contributed by atoms with E-state index in [1.165, 1.54) is 30.1 Å². The molecule has 1 saturated heterocycles. The first-order chi connectivity index (χ1) is 13.4. The third-order valence-electron chi connectivity index (χ3n) is 4.15. The number of hydrogen-bond donors (Lipinski definition) is 2. The molecule has 0 aliphatic carbocycles. The molecule has 0 atom stereocenters. The molecule has 1 fully saturated rings. The Morgan fingerprint density at radius 1 is 1.38 bits per heavy atom. The molecule has 0 aromatic carbocycles. The third-order valence-corrected chi connectivity index (χ3v) is 6.10. The van der Waals surface area contributed by atoms with E-state index in [4.69, 9.17) is 0 Å². The minimum absolute atomic E-state index is 0.239. The Labute approximate surface area is 170 Å². The highest BCUT2D eigenvalue weighted by Gasteiger charge is 2.62. The number of ether oxygens (including phenoxy) is 1. The van der Waals surface area contributed by atoms with Crippen LogP contribution in [0.5, 0.6) is 0 Å². The molecule has 14 heteroatoms. The van der Waals surface area contributed by atoms with Crippen molar-refractivity contribution < 1.29 is 35.5 Å². The maximum Gasteiger partial charge on any atom is 0.412 e. The summed E-state index contributed by atoms with van der Waals surface area (Å²) in [5.41, 5.74) is -3.29. The molecule has 1 aliphatic rings. The zero-order chi connectivity index (χ0) is 21.6. The molecule has 1 aliphatic heterocycles. The van der Waals surface area contributed by atoms with Gasteiger partial charge in [-0.05, 0) is 28.1 Å². The SMILES string of the molecule is Cn1cc(S(=O)(=O)NC2(C(F)(F)F)COC2)c(F)c1C(=O)Nc1ccnc(Br)c1. The quantitative estimate of drug-likeness (QED) is 0.483. The predicted molar refractivity (Wildman–Crippen MR) is 95.2 cm³/mol. The maximum absolute atomic E-state index is 14.8. The fourth-order valence-electron chi connectivity index (χ4n) is 2.59. The first kappa shape index (κ1) is 21.7. The number of amides is 1. The number of alkyl halides is 3. The lowest BCUT2D eigenvalue weighted by molar-refractivity contribution is -0.260. The highest BCUT2D eigenvalue weighted by Crippen LogP contribution is 2.37. The van der Waals surface area contributed by atoms with Crippen molar-refractivity contribution in [3.8, 4) is 0 Å². The van der Waals surface area contributed by atoms with Crippen LogP contribution in [0.25, 0.3) is 0 Å². The van der Waals surface area contributed by atoms with Gasteiger partial charge in [0.15, 0.2) is 11.4 Å².